The van der Waals surface area contributed by atoms with Gasteiger partial charge in [0.25, 0.3) is 0 Å². The van der Waals surface area contributed by atoms with Crippen LogP contribution in [0.1, 0.15) is 11.1 Å². The lowest BCUT2D eigenvalue weighted by molar-refractivity contribution is 0.238. The Bertz CT molecular complexity index is 632. The molecule has 108 valence electrons. The van der Waals surface area contributed by atoms with Gasteiger partial charge in [0, 0.05) is 43.6 Å². The van der Waals surface area contributed by atoms with Crippen LogP contribution in [-0.2, 0) is 13.5 Å². The number of nitrogens with zero attached hydrogens (tertiary/aromatic N) is 2. The molecule has 0 amide bonds. The fourth-order valence-electron chi connectivity index (χ4n) is 3.17. The summed E-state index contributed by atoms with van der Waals surface area (Å²) in [5.41, 5.74) is 4.06. The predicted octanol–water partition coefficient (Wildman–Crippen LogP) is 2.70. The van der Waals surface area contributed by atoms with E-state index in [4.69, 9.17) is 0 Å². The summed E-state index contributed by atoms with van der Waals surface area (Å²) in [6.45, 7) is 5.51. The molecule has 1 aliphatic heterocycles. The van der Waals surface area contributed by atoms with Crippen LogP contribution in [0.2, 0.25) is 0 Å². The second-order valence-corrected chi connectivity index (χ2v) is 6.72. The molecule has 0 radical (unpaired) electrons. The minimum absolute atomic E-state index is 0.538. The summed E-state index contributed by atoms with van der Waals surface area (Å²) in [7, 11) is 4.34. The normalized spacial score (nSPS) is 20.7. The van der Waals surface area contributed by atoms with Gasteiger partial charge in [-0.3, -0.25) is 0 Å². The fraction of sp³-hybridized carbons (Fsp3) is 0.500. The number of piperazine rings is 1. The van der Waals surface area contributed by atoms with Gasteiger partial charge < -0.3 is 14.8 Å². The highest BCUT2D eigenvalue weighted by Crippen LogP contribution is 2.31. The highest BCUT2D eigenvalue weighted by Gasteiger charge is 2.21. The standard InChI is InChI=1S/C16H22BrN3/c1-11-4-5-15-13(8-11)14(16(17)20(15)3)9-12-10-19(2)7-6-18-12/h4-5,8,12,18H,6-7,9-10H2,1-3H3. The van der Waals surface area contributed by atoms with Crippen LogP contribution in [0.15, 0.2) is 22.8 Å². The Morgan fingerprint density at radius 1 is 1.35 bits per heavy atom. The van der Waals surface area contributed by atoms with Crippen molar-refractivity contribution in [3.05, 3.63) is 33.9 Å². The van der Waals surface area contributed by atoms with Crippen LogP contribution >= 0.6 is 15.9 Å². The molecule has 1 aliphatic rings. The van der Waals surface area contributed by atoms with Crippen LogP contribution in [0.3, 0.4) is 0 Å². The first kappa shape index (κ1) is 14.1. The summed E-state index contributed by atoms with van der Waals surface area (Å²) < 4.78 is 3.46. The summed E-state index contributed by atoms with van der Waals surface area (Å²) in [6, 6.07) is 7.25. The van der Waals surface area contributed by atoms with Crippen LogP contribution in [0.25, 0.3) is 10.9 Å². The van der Waals surface area contributed by atoms with E-state index in [9.17, 15) is 0 Å². The lowest BCUT2D eigenvalue weighted by atomic mass is 10.0. The SMILES string of the molecule is Cc1ccc2c(c1)c(CC1CN(C)CCN1)c(Br)n2C. The fourth-order valence-corrected chi connectivity index (χ4v) is 3.74. The molecule has 0 bridgehead atoms. The minimum atomic E-state index is 0.538. The van der Waals surface area contributed by atoms with Crippen molar-refractivity contribution in [1.82, 2.24) is 14.8 Å². The van der Waals surface area contributed by atoms with Gasteiger partial charge in [-0.25, -0.2) is 0 Å². The van der Waals surface area contributed by atoms with Crippen LogP contribution in [0, 0.1) is 6.92 Å². The van der Waals surface area contributed by atoms with Crippen molar-refractivity contribution in [1.29, 1.82) is 0 Å². The quantitative estimate of drug-likeness (QED) is 0.910. The molecular formula is C16H22BrN3. The maximum Gasteiger partial charge on any atom is 0.0887 e. The van der Waals surface area contributed by atoms with E-state index in [0.717, 1.165) is 26.1 Å². The van der Waals surface area contributed by atoms with Gasteiger partial charge in [0.05, 0.1) is 4.60 Å². The lowest BCUT2D eigenvalue weighted by Crippen LogP contribution is -2.49. The number of halogens is 1. The number of fused-ring (bicyclic) bond motifs is 1. The lowest BCUT2D eigenvalue weighted by Gasteiger charge is -2.31. The van der Waals surface area contributed by atoms with E-state index in [2.05, 4.69) is 69.9 Å². The molecule has 1 unspecified atom stereocenters. The van der Waals surface area contributed by atoms with Crippen LogP contribution < -0.4 is 5.32 Å². The Labute approximate surface area is 129 Å². The summed E-state index contributed by atoms with van der Waals surface area (Å²) in [4.78, 5) is 2.41. The molecule has 0 saturated carbocycles. The van der Waals surface area contributed by atoms with Gasteiger partial charge in [0.15, 0.2) is 0 Å². The van der Waals surface area contributed by atoms with Crippen molar-refractivity contribution in [3.8, 4) is 0 Å². The number of nitrogens with one attached hydrogen (secondary N) is 1. The topological polar surface area (TPSA) is 20.2 Å². The van der Waals surface area contributed by atoms with E-state index in [0.29, 0.717) is 6.04 Å². The molecule has 0 aliphatic carbocycles. The maximum absolute atomic E-state index is 3.78. The molecule has 3 nitrogen and oxygen atoms in total. The Hall–Kier alpha value is -0.840. The highest BCUT2D eigenvalue weighted by atomic mass is 79.9. The first-order chi connectivity index (χ1) is 9.56. The van der Waals surface area contributed by atoms with E-state index in [-0.39, 0.29) is 0 Å². The van der Waals surface area contributed by atoms with E-state index in [1.807, 2.05) is 0 Å². The monoisotopic (exact) mass is 335 g/mol. The predicted molar refractivity (Wildman–Crippen MR) is 88.3 cm³/mol. The van der Waals surface area contributed by atoms with Crippen LogP contribution in [0.4, 0.5) is 0 Å². The van der Waals surface area contributed by atoms with Crippen LogP contribution in [0.5, 0.6) is 0 Å². The third-order valence-corrected chi connectivity index (χ3v) is 5.30. The number of hydrogen-bond donors (Lipinski definition) is 1. The maximum atomic E-state index is 3.78. The molecule has 2 heterocycles. The summed E-state index contributed by atoms with van der Waals surface area (Å²) in [6.07, 6.45) is 1.08. The van der Waals surface area contributed by atoms with E-state index >= 15 is 0 Å². The molecule has 2 aromatic rings. The molecule has 0 spiro atoms. The molecule has 1 fully saturated rings. The Kier molecular flexibility index (Phi) is 3.89. The van der Waals surface area contributed by atoms with Crippen molar-refractivity contribution in [2.45, 2.75) is 19.4 Å². The molecule has 1 N–H and O–H groups in total. The van der Waals surface area contributed by atoms with Gasteiger partial charge >= 0.3 is 0 Å². The van der Waals surface area contributed by atoms with Crippen molar-refractivity contribution >= 4 is 26.8 Å². The molecule has 4 heteroatoms. The smallest absolute Gasteiger partial charge is 0.0887 e. The first-order valence-corrected chi connectivity index (χ1v) is 8.01. The average molecular weight is 336 g/mol. The number of benzene rings is 1. The minimum Gasteiger partial charge on any atom is -0.338 e. The first-order valence-electron chi connectivity index (χ1n) is 7.21. The third-order valence-electron chi connectivity index (χ3n) is 4.29. The molecular weight excluding hydrogens is 314 g/mol. The van der Waals surface area contributed by atoms with E-state index in [1.54, 1.807) is 0 Å². The van der Waals surface area contributed by atoms with Gasteiger partial charge in [-0.15, -0.1) is 0 Å². The Balaban J connectivity index is 1.98. The number of aromatic nitrogens is 1. The molecule has 20 heavy (non-hydrogen) atoms. The zero-order valence-corrected chi connectivity index (χ0v) is 14.0. The van der Waals surface area contributed by atoms with E-state index in [1.165, 1.54) is 26.6 Å². The van der Waals surface area contributed by atoms with Gasteiger partial charge in [-0.1, -0.05) is 11.6 Å². The van der Waals surface area contributed by atoms with Gasteiger partial charge in [-0.05, 0) is 54.0 Å². The molecule has 1 aromatic carbocycles. The molecule has 1 aromatic heterocycles. The largest absolute Gasteiger partial charge is 0.338 e. The number of aryl methyl sites for hydroxylation is 2. The zero-order valence-electron chi connectivity index (χ0n) is 12.4. The summed E-state index contributed by atoms with van der Waals surface area (Å²) >= 11 is 3.78. The number of likely N-dealkylation sites (N-methyl/N-ethyl adjacent to an activating group) is 1. The molecule has 1 atom stereocenters. The van der Waals surface area contributed by atoms with E-state index < -0.39 is 0 Å². The zero-order chi connectivity index (χ0) is 14.3. The van der Waals surface area contributed by atoms with Crippen molar-refractivity contribution in [2.24, 2.45) is 7.05 Å². The Morgan fingerprint density at radius 2 is 2.15 bits per heavy atom. The number of rotatable bonds is 2. The second kappa shape index (κ2) is 5.51. The molecule has 1 saturated heterocycles. The molecule has 3 rings (SSSR count). The third kappa shape index (κ3) is 2.52. The van der Waals surface area contributed by atoms with Crippen molar-refractivity contribution in [2.75, 3.05) is 26.7 Å². The number of hydrogen-bond acceptors (Lipinski definition) is 2. The Morgan fingerprint density at radius 3 is 2.90 bits per heavy atom. The second-order valence-electron chi connectivity index (χ2n) is 5.97. The summed E-state index contributed by atoms with van der Waals surface area (Å²) in [5.74, 6) is 0. The average Bonchev–Trinajstić information content (AvgIpc) is 2.64. The van der Waals surface area contributed by atoms with Gasteiger partial charge in [0.2, 0.25) is 0 Å². The van der Waals surface area contributed by atoms with Gasteiger partial charge in [-0.2, -0.15) is 0 Å². The highest BCUT2D eigenvalue weighted by molar-refractivity contribution is 9.10. The van der Waals surface area contributed by atoms with Crippen molar-refractivity contribution < 1.29 is 0 Å². The summed E-state index contributed by atoms with van der Waals surface area (Å²) in [5, 5.41) is 5.03. The van der Waals surface area contributed by atoms with Crippen LogP contribution in [-0.4, -0.2) is 42.2 Å². The van der Waals surface area contributed by atoms with Crippen molar-refractivity contribution in [3.63, 3.8) is 0 Å². The van der Waals surface area contributed by atoms with Gasteiger partial charge in [0.1, 0.15) is 0 Å².